The summed E-state index contributed by atoms with van der Waals surface area (Å²) in [5, 5.41) is 16.8. The van der Waals surface area contributed by atoms with Crippen molar-refractivity contribution >= 4 is 17.3 Å². The Morgan fingerprint density at radius 1 is 1.35 bits per heavy atom. The van der Waals surface area contributed by atoms with Crippen LogP contribution in [0.5, 0.6) is 0 Å². The number of thiocarbonyl (C=S) groups is 1. The van der Waals surface area contributed by atoms with Gasteiger partial charge in [0.1, 0.15) is 18.3 Å². The van der Waals surface area contributed by atoms with E-state index in [-0.39, 0.29) is 12.1 Å². The number of nitrogens with one attached hydrogen (secondary N) is 2. The summed E-state index contributed by atoms with van der Waals surface area (Å²) in [4.78, 5) is 0. The molecule has 0 aliphatic carbocycles. The van der Waals surface area contributed by atoms with Gasteiger partial charge in [-0.2, -0.15) is 0 Å². The van der Waals surface area contributed by atoms with E-state index in [9.17, 15) is 5.11 Å². The summed E-state index contributed by atoms with van der Waals surface area (Å²) >= 11 is 4.99. The highest BCUT2D eigenvalue weighted by molar-refractivity contribution is 7.80. The van der Waals surface area contributed by atoms with E-state index in [0.717, 1.165) is 0 Å². The van der Waals surface area contributed by atoms with E-state index in [1.807, 2.05) is 0 Å². The van der Waals surface area contributed by atoms with Gasteiger partial charge in [0.15, 0.2) is 17.2 Å². The predicted octanol–water partition coefficient (Wildman–Crippen LogP) is -0.930. The van der Waals surface area contributed by atoms with Crippen LogP contribution in [0.25, 0.3) is 0 Å². The van der Waals surface area contributed by atoms with Crippen LogP contribution >= 0.6 is 12.2 Å². The topological polar surface area (TPSA) is 72.0 Å². The predicted molar refractivity (Wildman–Crippen MR) is 62.2 cm³/mol. The standard InChI is InChI=1S/C10H16N2O4S/c1-10(2)15-7-5(13)6(14-8(7)16-10)4-3-11-9(17)12-4/h4-8,13H,3H2,1-2H3,(H2,11,12,17)/t4-,5-,6+,7+,8+/m0/s1. The molecule has 17 heavy (non-hydrogen) atoms. The van der Waals surface area contributed by atoms with Crippen molar-refractivity contribution in [2.24, 2.45) is 0 Å². The third kappa shape index (κ3) is 1.92. The first-order valence-electron chi connectivity index (χ1n) is 5.70. The fourth-order valence-corrected chi connectivity index (χ4v) is 2.76. The average Bonchev–Trinajstić information content (AvgIpc) is 2.83. The van der Waals surface area contributed by atoms with Crippen LogP contribution < -0.4 is 10.6 Å². The molecule has 3 aliphatic heterocycles. The van der Waals surface area contributed by atoms with E-state index in [4.69, 9.17) is 26.4 Å². The molecule has 5 atom stereocenters. The lowest BCUT2D eigenvalue weighted by Gasteiger charge is -2.25. The molecule has 96 valence electrons. The second-order valence-electron chi connectivity index (χ2n) is 5.02. The molecule has 0 aromatic heterocycles. The van der Waals surface area contributed by atoms with Crippen LogP contribution in [-0.4, -0.2) is 53.2 Å². The maximum Gasteiger partial charge on any atom is 0.190 e. The highest BCUT2D eigenvalue weighted by atomic mass is 32.1. The smallest absolute Gasteiger partial charge is 0.190 e. The minimum Gasteiger partial charge on any atom is -0.387 e. The zero-order valence-electron chi connectivity index (χ0n) is 9.67. The van der Waals surface area contributed by atoms with Crippen LogP contribution in [0.4, 0.5) is 0 Å². The zero-order chi connectivity index (χ0) is 12.2. The maximum atomic E-state index is 10.2. The number of fused-ring (bicyclic) bond motifs is 1. The van der Waals surface area contributed by atoms with Gasteiger partial charge < -0.3 is 30.0 Å². The van der Waals surface area contributed by atoms with Gasteiger partial charge in [0.2, 0.25) is 0 Å². The van der Waals surface area contributed by atoms with E-state index in [1.54, 1.807) is 13.8 Å². The quantitative estimate of drug-likeness (QED) is 0.526. The lowest BCUT2D eigenvalue weighted by Crippen LogP contribution is -2.46. The minimum atomic E-state index is -0.707. The SMILES string of the molecule is CC1(C)O[C@H]2O[C@H]([C@@H]3CNC(=S)N3)[C@H](O)[C@H]2O1. The van der Waals surface area contributed by atoms with Crippen LogP contribution in [0.2, 0.25) is 0 Å². The number of aliphatic hydroxyl groups excluding tert-OH is 1. The summed E-state index contributed by atoms with van der Waals surface area (Å²) in [7, 11) is 0. The van der Waals surface area contributed by atoms with E-state index >= 15 is 0 Å². The van der Waals surface area contributed by atoms with Crippen LogP contribution in [0.15, 0.2) is 0 Å². The molecule has 3 aliphatic rings. The van der Waals surface area contributed by atoms with Gasteiger partial charge in [-0.3, -0.25) is 0 Å². The lowest BCUT2D eigenvalue weighted by molar-refractivity contribution is -0.217. The summed E-state index contributed by atoms with van der Waals surface area (Å²) in [6.07, 6.45) is -2.00. The Balaban J connectivity index is 1.70. The Kier molecular flexibility index (Phi) is 2.57. The molecule has 6 nitrogen and oxygen atoms in total. The van der Waals surface area contributed by atoms with Gasteiger partial charge in [0.25, 0.3) is 0 Å². The molecule has 7 heteroatoms. The number of hydrogen-bond acceptors (Lipinski definition) is 5. The summed E-state index contributed by atoms with van der Waals surface area (Å²) in [6, 6.07) is -0.0431. The van der Waals surface area contributed by atoms with Crippen molar-refractivity contribution < 1.29 is 19.3 Å². The van der Waals surface area contributed by atoms with Crippen LogP contribution in [0.3, 0.4) is 0 Å². The first kappa shape index (κ1) is 11.6. The fourth-order valence-electron chi connectivity index (χ4n) is 2.52. The summed E-state index contributed by atoms with van der Waals surface area (Å²) in [6.45, 7) is 4.26. The molecular weight excluding hydrogens is 244 g/mol. The average molecular weight is 260 g/mol. The molecule has 0 unspecified atom stereocenters. The Labute approximate surface area is 105 Å². The maximum absolute atomic E-state index is 10.2. The van der Waals surface area contributed by atoms with E-state index in [1.165, 1.54) is 0 Å². The molecule has 3 rings (SSSR count). The molecular formula is C10H16N2O4S. The number of ether oxygens (including phenoxy) is 3. The first-order valence-corrected chi connectivity index (χ1v) is 6.11. The van der Waals surface area contributed by atoms with Gasteiger partial charge in [0, 0.05) is 6.54 Å². The van der Waals surface area contributed by atoms with Crippen molar-refractivity contribution in [3.63, 3.8) is 0 Å². The van der Waals surface area contributed by atoms with E-state index < -0.39 is 24.3 Å². The Morgan fingerprint density at radius 2 is 2.12 bits per heavy atom. The van der Waals surface area contributed by atoms with Crippen molar-refractivity contribution in [3.8, 4) is 0 Å². The van der Waals surface area contributed by atoms with Crippen molar-refractivity contribution in [2.75, 3.05) is 6.54 Å². The molecule has 0 aromatic rings. The van der Waals surface area contributed by atoms with Crippen molar-refractivity contribution in [3.05, 3.63) is 0 Å². The Morgan fingerprint density at radius 3 is 2.71 bits per heavy atom. The van der Waals surface area contributed by atoms with Crippen LogP contribution in [-0.2, 0) is 14.2 Å². The van der Waals surface area contributed by atoms with Crippen molar-refractivity contribution in [1.82, 2.24) is 10.6 Å². The number of hydrogen-bond donors (Lipinski definition) is 3. The second-order valence-corrected chi connectivity index (χ2v) is 5.43. The molecule has 0 saturated carbocycles. The molecule has 0 bridgehead atoms. The molecule has 3 saturated heterocycles. The van der Waals surface area contributed by atoms with Crippen molar-refractivity contribution in [2.45, 2.75) is 50.3 Å². The summed E-state index contributed by atoms with van der Waals surface area (Å²) in [5.41, 5.74) is 0. The summed E-state index contributed by atoms with van der Waals surface area (Å²) in [5.74, 6) is -0.696. The van der Waals surface area contributed by atoms with Gasteiger partial charge in [0.05, 0.1) is 6.04 Å². The van der Waals surface area contributed by atoms with Crippen LogP contribution in [0, 0.1) is 0 Å². The largest absolute Gasteiger partial charge is 0.387 e. The molecule has 3 N–H and O–H groups in total. The lowest BCUT2D eigenvalue weighted by atomic mass is 10.0. The highest BCUT2D eigenvalue weighted by Crippen LogP contribution is 2.38. The molecule has 0 spiro atoms. The molecule has 0 amide bonds. The van der Waals surface area contributed by atoms with Crippen LogP contribution in [0.1, 0.15) is 13.8 Å². The van der Waals surface area contributed by atoms with Gasteiger partial charge in [-0.1, -0.05) is 0 Å². The molecule has 0 radical (unpaired) electrons. The third-order valence-electron chi connectivity index (χ3n) is 3.25. The van der Waals surface area contributed by atoms with E-state index in [0.29, 0.717) is 11.7 Å². The molecule has 3 heterocycles. The first-order chi connectivity index (χ1) is 7.96. The van der Waals surface area contributed by atoms with E-state index in [2.05, 4.69) is 10.6 Å². The highest BCUT2D eigenvalue weighted by Gasteiger charge is 2.56. The number of rotatable bonds is 1. The third-order valence-corrected chi connectivity index (χ3v) is 3.51. The second kappa shape index (κ2) is 3.76. The summed E-state index contributed by atoms with van der Waals surface area (Å²) < 4.78 is 16.9. The van der Waals surface area contributed by atoms with Crippen molar-refractivity contribution in [1.29, 1.82) is 0 Å². The van der Waals surface area contributed by atoms with Gasteiger partial charge in [-0.05, 0) is 26.1 Å². The monoisotopic (exact) mass is 260 g/mol. The fraction of sp³-hybridized carbons (Fsp3) is 0.900. The zero-order valence-corrected chi connectivity index (χ0v) is 10.5. The normalized spacial score (nSPS) is 47.7. The Bertz CT molecular complexity index is 351. The molecule has 0 aromatic carbocycles. The minimum absolute atomic E-state index is 0.0431. The number of aliphatic hydroxyl groups is 1. The molecule has 3 fully saturated rings. The Hall–Kier alpha value is -0.470. The van der Waals surface area contributed by atoms with Gasteiger partial charge in [-0.15, -0.1) is 0 Å². The van der Waals surface area contributed by atoms with Gasteiger partial charge >= 0.3 is 0 Å². The van der Waals surface area contributed by atoms with Gasteiger partial charge in [-0.25, -0.2) is 0 Å².